The lowest BCUT2D eigenvalue weighted by Gasteiger charge is -2.16. The molecule has 0 aromatic heterocycles. The van der Waals surface area contributed by atoms with Gasteiger partial charge in [-0.3, -0.25) is 0 Å². The van der Waals surface area contributed by atoms with Crippen molar-refractivity contribution in [3.63, 3.8) is 0 Å². The van der Waals surface area contributed by atoms with Crippen LogP contribution in [-0.4, -0.2) is 26.2 Å². The van der Waals surface area contributed by atoms with Crippen molar-refractivity contribution in [3.8, 4) is 5.75 Å². The first kappa shape index (κ1) is 15.8. The average Bonchev–Trinajstić information content (AvgIpc) is 2.45. The van der Waals surface area contributed by atoms with Crippen LogP contribution in [-0.2, 0) is 14.3 Å². The molecule has 0 atom stereocenters. The largest absolute Gasteiger partial charge is 0.465 e. The van der Waals surface area contributed by atoms with Crippen molar-refractivity contribution >= 4 is 11.9 Å². The molecule has 0 bridgehead atoms. The predicted octanol–water partition coefficient (Wildman–Crippen LogP) is 2.46. The number of hydrogen-bond acceptors (Lipinski definition) is 5. The van der Waals surface area contributed by atoms with E-state index >= 15 is 0 Å². The molecule has 0 fully saturated rings. The molecule has 0 unspecified atom stereocenters. The van der Waals surface area contributed by atoms with Crippen LogP contribution in [0.25, 0.3) is 0 Å². The fourth-order valence-electron chi connectivity index (χ4n) is 1.77. The van der Waals surface area contributed by atoms with Crippen LogP contribution in [0, 0.1) is 20.8 Å². The lowest BCUT2D eigenvalue weighted by molar-refractivity contribution is -0.138. The van der Waals surface area contributed by atoms with E-state index in [4.69, 9.17) is 9.47 Å². The quantitative estimate of drug-likeness (QED) is 0.481. The van der Waals surface area contributed by atoms with E-state index in [1.54, 1.807) is 13.0 Å². The van der Waals surface area contributed by atoms with Crippen LogP contribution in [0.5, 0.6) is 5.75 Å². The maximum atomic E-state index is 11.7. The molecule has 5 heteroatoms. The summed E-state index contributed by atoms with van der Waals surface area (Å²) in [4.78, 5) is 23.1. The van der Waals surface area contributed by atoms with Gasteiger partial charge in [0.15, 0.2) is 0 Å². The second kappa shape index (κ2) is 6.23. The van der Waals surface area contributed by atoms with Crippen LogP contribution in [0.1, 0.15) is 27.0 Å². The zero-order chi connectivity index (χ0) is 15.4. The summed E-state index contributed by atoms with van der Waals surface area (Å²) in [5.74, 6) is -0.843. The summed E-state index contributed by atoms with van der Waals surface area (Å²) in [6.45, 7) is 8.91. The number of esters is 2. The van der Waals surface area contributed by atoms with Crippen LogP contribution in [0.2, 0.25) is 0 Å². The number of benzene rings is 1. The van der Waals surface area contributed by atoms with Crippen LogP contribution < -0.4 is 4.74 Å². The van der Waals surface area contributed by atoms with E-state index in [1.165, 1.54) is 14.2 Å². The van der Waals surface area contributed by atoms with Crippen molar-refractivity contribution in [2.24, 2.45) is 0 Å². The first-order valence-corrected chi connectivity index (χ1v) is 5.97. The van der Waals surface area contributed by atoms with Crippen molar-refractivity contribution in [2.75, 3.05) is 14.2 Å². The minimum Gasteiger partial charge on any atom is -0.465 e. The first-order valence-electron chi connectivity index (χ1n) is 5.97. The van der Waals surface area contributed by atoms with Gasteiger partial charge in [0.25, 0.3) is 0 Å². The third-order valence-electron chi connectivity index (χ3n) is 3.08. The molecule has 0 aliphatic rings. The highest BCUT2D eigenvalue weighted by molar-refractivity contribution is 5.92. The molecule has 0 aliphatic carbocycles. The van der Waals surface area contributed by atoms with Gasteiger partial charge in [-0.15, -0.1) is 0 Å². The highest BCUT2D eigenvalue weighted by atomic mass is 16.6. The highest BCUT2D eigenvalue weighted by Gasteiger charge is 2.20. The molecule has 1 aromatic rings. The Labute approximate surface area is 118 Å². The van der Waals surface area contributed by atoms with Crippen molar-refractivity contribution in [1.29, 1.82) is 0 Å². The van der Waals surface area contributed by atoms with E-state index in [1.807, 2.05) is 13.8 Å². The lowest BCUT2D eigenvalue weighted by Crippen LogP contribution is -2.13. The van der Waals surface area contributed by atoms with E-state index < -0.39 is 11.9 Å². The molecule has 0 spiro atoms. The lowest BCUT2D eigenvalue weighted by atomic mass is 9.99. The maximum Gasteiger partial charge on any atom is 0.373 e. The summed E-state index contributed by atoms with van der Waals surface area (Å²) >= 11 is 0. The molecular weight excluding hydrogens is 260 g/mol. The van der Waals surface area contributed by atoms with E-state index in [0.717, 1.165) is 11.1 Å². The number of carbonyl (C=O) groups excluding carboxylic acids is 2. The fraction of sp³-hybridized carbons (Fsp3) is 0.333. The van der Waals surface area contributed by atoms with Gasteiger partial charge >= 0.3 is 11.9 Å². The number of aryl methyl sites for hydroxylation is 1. The third-order valence-corrected chi connectivity index (χ3v) is 3.08. The predicted molar refractivity (Wildman–Crippen MR) is 73.8 cm³/mol. The number of carbonyl (C=O) groups is 2. The molecule has 0 heterocycles. The summed E-state index contributed by atoms with van der Waals surface area (Å²) in [6, 6.07) is 1.73. The summed E-state index contributed by atoms with van der Waals surface area (Å²) in [5, 5.41) is 0. The molecular formula is C15H18O5. The van der Waals surface area contributed by atoms with Crippen molar-refractivity contribution in [3.05, 3.63) is 40.7 Å². The van der Waals surface area contributed by atoms with Gasteiger partial charge in [-0.1, -0.05) is 0 Å². The third kappa shape index (κ3) is 2.99. The molecule has 0 N–H and O–H groups in total. The molecule has 20 heavy (non-hydrogen) atoms. The van der Waals surface area contributed by atoms with E-state index in [-0.39, 0.29) is 5.76 Å². The van der Waals surface area contributed by atoms with E-state index in [0.29, 0.717) is 16.9 Å². The molecule has 108 valence electrons. The van der Waals surface area contributed by atoms with Crippen molar-refractivity contribution in [1.82, 2.24) is 0 Å². The minimum absolute atomic E-state index is 0.139. The standard InChI is InChI=1S/C15H18O5/c1-8-7-12(15(17)19-6)10(3)13(9(8)2)20-11(4)14(16)18-5/h7H,4H2,1-3,5-6H3. The number of hydrogen-bond donors (Lipinski definition) is 0. The van der Waals surface area contributed by atoms with Gasteiger partial charge in [-0.2, -0.15) is 0 Å². The molecule has 0 aliphatic heterocycles. The monoisotopic (exact) mass is 278 g/mol. The van der Waals surface area contributed by atoms with Gasteiger partial charge < -0.3 is 14.2 Å². The fourth-order valence-corrected chi connectivity index (χ4v) is 1.77. The minimum atomic E-state index is -0.662. The van der Waals surface area contributed by atoms with Crippen LogP contribution in [0.4, 0.5) is 0 Å². The Morgan fingerprint density at radius 2 is 1.65 bits per heavy atom. The van der Waals surface area contributed by atoms with E-state index in [2.05, 4.69) is 11.3 Å². The second-order valence-electron chi connectivity index (χ2n) is 4.33. The molecule has 1 rings (SSSR count). The van der Waals surface area contributed by atoms with Crippen molar-refractivity contribution in [2.45, 2.75) is 20.8 Å². The number of rotatable bonds is 4. The number of ether oxygens (including phenoxy) is 3. The Balaban J connectivity index is 3.31. The van der Waals surface area contributed by atoms with Gasteiger partial charge in [0.1, 0.15) is 5.75 Å². The Morgan fingerprint density at radius 1 is 1.05 bits per heavy atom. The van der Waals surface area contributed by atoms with Gasteiger partial charge in [0.05, 0.1) is 19.8 Å². The molecule has 0 saturated carbocycles. The summed E-state index contributed by atoms with van der Waals surface area (Å²) in [6.07, 6.45) is 0. The maximum absolute atomic E-state index is 11.7. The van der Waals surface area contributed by atoms with E-state index in [9.17, 15) is 9.59 Å². The molecule has 0 saturated heterocycles. The van der Waals surface area contributed by atoms with Crippen LogP contribution in [0.15, 0.2) is 18.4 Å². The smallest absolute Gasteiger partial charge is 0.373 e. The Kier molecular flexibility index (Phi) is 4.91. The first-order chi connectivity index (χ1) is 9.33. The van der Waals surface area contributed by atoms with Gasteiger partial charge in [0.2, 0.25) is 5.76 Å². The molecule has 0 amide bonds. The second-order valence-corrected chi connectivity index (χ2v) is 4.33. The van der Waals surface area contributed by atoms with Gasteiger partial charge in [-0.05, 0) is 44.5 Å². The van der Waals surface area contributed by atoms with Crippen molar-refractivity contribution < 1.29 is 23.8 Å². The summed E-state index contributed by atoms with van der Waals surface area (Å²) in [5.41, 5.74) is 2.65. The SMILES string of the molecule is C=C(Oc1c(C)c(C)cc(C(=O)OC)c1C)C(=O)OC. The normalized spacial score (nSPS) is 9.85. The molecule has 0 radical (unpaired) electrons. The zero-order valence-electron chi connectivity index (χ0n) is 12.3. The molecule has 1 aromatic carbocycles. The highest BCUT2D eigenvalue weighted by Crippen LogP contribution is 2.31. The average molecular weight is 278 g/mol. The number of methoxy groups -OCH3 is 2. The zero-order valence-corrected chi connectivity index (χ0v) is 12.3. The van der Waals surface area contributed by atoms with Crippen LogP contribution >= 0.6 is 0 Å². The Morgan fingerprint density at radius 3 is 2.15 bits per heavy atom. The van der Waals surface area contributed by atoms with Crippen LogP contribution in [0.3, 0.4) is 0 Å². The van der Waals surface area contributed by atoms with Gasteiger partial charge in [-0.25, -0.2) is 9.59 Å². The Hall–Kier alpha value is -2.30. The van der Waals surface area contributed by atoms with Gasteiger partial charge in [0, 0.05) is 5.56 Å². The Bertz CT molecular complexity index is 572. The summed E-state index contributed by atoms with van der Waals surface area (Å²) in [7, 11) is 2.55. The molecule has 5 nitrogen and oxygen atoms in total. The summed E-state index contributed by atoms with van der Waals surface area (Å²) < 4.78 is 14.7. The topological polar surface area (TPSA) is 61.8 Å².